The number of nitrogens with one attached hydrogen (secondary N) is 1. The summed E-state index contributed by atoms with van der Waals surface area (Å²) in [5, 5.41) is 2.95. The summed E-state index contributed by atoms with van der Waals surface area (Å²) < 4.78 is 53.1. The fraction of sp³-hybridized carbons (Fsp3) is 0.594. The Bertz CT molecular complexity index is 1420. The molecule has 1 N–H and O–H groups in total. The summed E-state index contributed by atoms with van der Waals surface area (Å²) in [6.45, 7) is 5.47. The molecule has 2 bridgehead atoms. The molecule has 2 amide bonds. The van der Waals surface area contributed by atoms with Gasteiger partial charge in [0, 0.05) is 12.5 Å². The van der Waals surface area contributed by atoms with E-state index in [0.29, 0.717) is 22.3 Å². The molecule has 1 aliphatic carbocycles. The Kier molecular flexibility index (Phi) is 10.0. The number of carbonyl (C=O) groups excluding carboxylic acids is 2. The molecule has 4 atom stereocenters. The third-order valence-electron chi connectivity index (χ3n) is 9.25. The molecule has 2 unspecified atom stereocenters. The van der Waals surface area contributed by atoms with E-state index < -0.39 is 21.7 Å². The number of unbranched alkanes of at least 4 members (excludes halogenated alkanes) is 1. The predicted octanol–water partition coefficient (Wildman–Crippen LogP) is 5.67. The van der Waals surface area contributed by atoms with E-state index in [4.69, 9.17) is 9.15 Å². The van der Waals surface area contributed by atoms with Crippen LogP contribution >= 0.6 is 0 Å². The van der Waals surface area contributed by atoms with Crippen LogP contribution in [0.5, 0.6) is 0 Å². The Morgan fingerprint density at radius 1 is 1.14 bits per heavy atom. The lowest BCUT2D eigenvalue weighted by Crippen LogP contribution is -2.38. The highest BCUT2D eigenvalue weighted by Crippen LogP contribution is 2.50. The Morgan fingerprint density at radius 2 is 1.91 bits per heavy atom. The highest BCUT2D eigenvalue weighted by molar-refractivity contribution is 7.93. The van der Waals surface area contributed by atoms with Crippen LogP contribution in [0.3, 0.4) is 0 Å². The minimum atomic E-state index is -4.01. The first kappa shape index (κ1) is 31.4. The number of nitrogens with zero attached hydrogens (tertiary/aromatic N) is 2. The molecular formula is C32H42FN3O6S. The molecule has 3 aliphatic rings. The zero-order valence-corrected chi connectivity index (χ0v) is 25.6. The van der Waals surface area contributed by atoms with Crippen LogP contribution in [0.1, 0.15) is 99.0 Å². The molecule has 2 aromatic rings. The zero-order valence-electron chi connectivity index (χ0n) is 24.8. The van der Waals surface area contributed by atoms with Crippen LogP contribution in [0, 0.1) is 17.7 Å². The maximum atomic E-state index is 14.5. The second kappa shape index (κ2) is 13.7. The van der Waals surface area contributed by atoms with Crippen molar-refractivity contribution in [3.05, 3.63) is 60.1 Å². The van der Waals surface area contributed by atoms with Crippen molar-refractivity contribution in [1.82, 2.24) is 10.3 Å². The maximum absolute atomic E-state index is 14.5. The van der Waals surface area contributed by atoms with Crippen LogP contribution in [-0.2, 0) is 26.0 Å². The Balaban J connectivity index is 1.28. The summed E-state index contributed by atoms with van der Waals surface area (Å²) in [5.74, 6) is -1.30. The SMILES string of the molecule is C=CC(=O)N(c1ccc(F)cc1C[C@H]1C2CCC(O2)[C@@H]1c1nc(C(=O)NCCCCC2CCCCC2)co1)S(=O)(=O)CC. The van der Waals surface area contributed by atoms with Crippen molar-refractivity contribution in [2.24, 2.45) is 11.8 Å². The van der Waals surface area contributed by atoms with Gasteiger partial charge in [0.05, 0.1) is 29.6 Å². The number of rotatable bonds is 13. The number of benzene rings is 1. The van der Waals surface area contributed by atoms with Crippen LogP contribution in [-0.4, -0.2) is 49.7 Å². The third kappa shape index (κ3) is 7.03. The molecule has 2 aliphatic heterocycles. The molecule has 3 heterocycles. The number of aromatic nitrogens is 1. The number of hydrogen-bond donors (Lipinski definition) is 1. The molecule has 5 rings (SSSR count). The van der Waals surface area contributed by atoms with Crippen molar-refractivity contribution in [3.63, 3.8) is 0 Å². The largest absolute Gasteiger partial charge is 0.448 e. The maximum Gasteiger partial charge on any atom is 0.273 e. The van der Waals surface area contributed by atoms with Crippen LogP contribution in [0.15, 0.2) is 41.5 Å². The molecule has 0 radical (unpaired) electrons. The third-order valence-corrected chi connectivity index (χ3v) is 10.9. The van der Waals surface area contributed by atoms with Gasteiger partial charge in [-0.2, -0.15) is 0 Å². The van der Waals surface area contributed by atoms with Gasteiger partial charge in [-0.25, -0.2) is 22.1 Å². The smallest absolute Gasteiger partial charge is 0.273 e. The van der Waals surface area contributed by atoms with Crippen molar-refractivity contribution in [2.75, 3.05) is 16.6 Å². The second-order valence-electron chi connectivity index (χ2n) is 12.0. The number of oxazole rings is 1. The van der Waals surface area contributed by atoms with Gasteiger partial charge in [-0.3, -0.25) is 9.59 Å². The lowest BCUT2D eigenvalue weighted by molar-refractivity contribution is -0.113. The van der Waals surface area contributed by atoms with E-state index in [1.165, 1.54) is 63.8 Å². The van der Waals surface area contributed by atoms with E-state index in [0.717, 1.165) is 43.7 Å². The van der Waals surface area contributed by atoms with Gasteiger partial charge in [0.2, 0.25) is 15.9 Å². The van der Waals surface area contributed by atoms with Crippen LogP contribution < -0.4 is 9.62 Å². The van der Waals surface area contributed by atoms with Gasteiger partial charge in [-0.1, -0.05) is 51.5 Å². The molecular weight excluding hydrogens is 573 g/mol. The Labute approximate surface area is 253 Å². The van der Waals surface area contributed by atoms with Crippen molar-refractivity contribution in [1.29, 1.82) is 0 Å². The summed E-state index contributed by atoms with van der Waals surface area (Å²) in [6, 6.07) is 3.71. The molecule has 11 heteroatoms. The van der Waals surface area contributed by atoms with Crippen molar-refractivity contribution in [3.8, 4) is 0 Å². The number of amides is 2. The van der Waals surface area contributed by atoms with Crippen LogP contribution in [0.4, 0.5) is 10.1 Å². The normalized spacial score (nSPS) is 23.8. The number of sulfonamides is 1. The lowest BCUT2D eigenvalue weighted by Gasteiger charge is -2.28. The first-order valence-corrected chi connectivity index (χ1v) is 17.2. The quantitative estimate of drug-likeness (QED) is 0.228. The van der Waals surface area contributed by atoms with Gasteiger partial charge in [0.25, 0.3) is 11.8 Å². The lowest BCUT2D eigenvalue weighted by atomic mass is 9.76. The molecule has 2 saturated heterocycles. The minimum absolute atomic E-state index is 0.0885. The number of anilines is 1. The Morgan fingerprint density at radius 3 is 2.65 bits per heavy atom. The molecule has 1 aromatic heterocycles. The topological polar surface area (TPSA) is 119 Å². The van der Waals surface area contributed by atoms with E-state index in [1.807, 2.05) is 0 Å². The van der Waals surface area contributed by atoms with Crippen molar-refractivity contribution >= 4 is 27.5 Å². The standard InChI is InChI=1S/C32H42FN3O6S/c1-3-29(37)36(43(39,40)4-2)26-14-13-23(33)18-22(26)19-24-27-15-16-28(42-27)30(24)32-35-25(20-41-32)31(38)34-17-9-8-12-21-10-6-5-7-11-21/h3,13-14,18,20-21,24,27-28,30H,1,4-12,15-17,19H2,2H3,(H,34,38)/t24-,27?,28?,30+/m0/s1. The minimum Gasteiger partial charge on any atom is -0.448 e. The van der Waals surface area contributed by atoms with Gasteiger partial charge in [-0.15, -0.1) is 0 Å². The van der Waals surface area contributed by atoms with E-state index in [2.05, 4.69) is 16.9 Å². The number of ether oxygens (including phenoxy) is 1. The fourth-order valence-electron chi connectivity index (χ4n) is 7.03. The summed E-state index contributed by atoms with van der Waals surface area (Å²) in [7, 11) is -4.01. The zero-order chi connectivity index (χ0) is 30.6. The summed E-state index contributed by atoms with van der Waals surface area (Å²) >= 11 is 0. The number of halogens is 1. The van der Waals surface area contributed by atoms with Crippen LogP contribution in [0.25, 0.3) is 0 Å². The van der Waals surface area contributed by atoms with Gasteiger partial charge < -0.3 is 14.5 Å². The van der Waals surface area contributed by atoms with Crippen LogP contribution in [0.2, 0.25) is 0 Å². The number of fused-ring (bicyclic) bond motifs is 2. The Hall–Kier alpha value is -3.05. The van der Waals surface area contributed by atoms with E-state index >= 15 is 0 Å². The van der Waals surface area contributed by atoms with Gasteiger partial charge in [0.1, 0.15) is 12.1 Å². The first-order chi connectivity index (χ1) is 20.7. The monoisotopic (exact) mass is 615 g/mol. The van der Waals surface area contributed by atoms with E-state index in [9.17, 15) is 22.4 Å². The van der Waals surface area contributed by atoms with Gasteiger partial charge in [-0.05, 0) is 68.4 Å². The van der Waals surface area contributed by atoms with Crippen molar-refractivity contribution in [2.45, 2.75) is 95.7 Å². The molecule has 3 fully saturated rings. The summed E-state index contributed by atoms with van der Waals surface area (Å²) in [5.41, 5.74) is 0.647. The summed E-state index contributed by atoms with van der Waals surface area (Å²) in [4.78, 5) is 30.1. The van der Waals surface area contributed by atoms with Crippen molar-refractivity contribution < 1.29 is 31.6 Å². The molecule has 0 spiro atoms. The predicted molar refractivity (Wildman–Crippen MR) is 161 cm³/mol. The molecule has 1 aromatic carbocycles. The van der Waals surface area contributed by atoms with E-state index in [1.54, 1.807) is 0 Å². The highest BCUT2D eigenvalue weighted by Gasteiger charge is 2.52. The fourth-order valence-corrected chi connectivity index (χ4v) is 8.12. The number of hydrogen-bond acceptors (Lipinski definition) is 7. The second-order valence-corrected chi connectivity index (χ2v) is 14.1. The van der Waals surface area contributed by atoms with E-state index in [-0.39, 0.29) is 53.5 Å². The highest BCUT2D eigenvalue weighted by atomic mass is 32.2. The molecule has 43 heavy (non-hydrogen) atoms. The number of carbonyl (C=O) groups is 2. The summed E-state index contributed by atoms with van der Waals surface area (Å²) in [6.07, 6.45) is 13.6. The van der Waals surface area contributed by atoms with Gasteiger partial charge >= 0.3 is 0 Å². The van der Waals surface area contributed by atoms with Gasteiger partial charge in [0.15, 0.2) is 5.69 Å². The molecule has 9 nitrogen and oxygen atoms in total. The molecule has 1 saturated carbocycles. The average Bonchev–Trinajstić information content (AvgIpc) is 3.76. The first-order valence-electron chi connectivity index (χ1n) is 15.6. The average molecular weight is 616 g/mol. The molecule has 234 valence electrons.